The summed E-state index contributed by atoms with van der Waals surface area (Å²) in [6.45, 7) is 0. The summed E-state index contributed by atoms with van der Waals surface area (Å²) in [4.78, 5) is 23.4. The minimum absolute atomic E-state index is 0.0210. The minimum atomic E-state index is -0.546. The molecular formula is C16H12N2O3S. The molecule has 2 aromatic rings. The van der Waals surface area contributed by atoms with E-state index >= 15 is 0 Å². The molecule has 1 N–H and O–H groups in total. The number of hydrogen-bond acceptors (Lipinski definition) is 4. The number of rotatable bonds is 3. The maximum Gasteiger partial charge on any atom is 0.273 e. The van der Waals surface area contributed by atoms with Crippen molar-refractivity contribution in [2.45, 2.75) is 11.8 Å². The average molecular weight is 312 g/mol. The highest BCUT2D eigenvalue weighted by atomic mass is 32.1. The van der Waals surface area contributed by atoms with Gasteiger partial charge in [-0.05, 0) is 5.56 Å². The zero-order valence-corrected chi connectivity index (χ0v) is 12.2. The van der Waals surface area contributed by atoms with Crippen LogP contribution in [0.25, 0.3) is 0 Å². The molecule has 3 rings (SSSR count). The van der Waals surface area contributed by atoms with Crippen LogP contribution in [0.5, 0.6) is 0 Å². The van der Waals surface area contributed by atoms with Crippen LogP contribution in [0.15, 0.2) is 54.6 Å². The number of thiocarbonyl (C=S) groups is 1. The summed E-state index contributed by atoms with van der Waals surface area (Å²) in [7, 11) is 0. The van der Waals surface area contributed by atoms with Gasteiger partial charge in [0, 0.05) is 11.6 Å². The number of carbonyl (C=O) groups is 1. The van der Waals surface area contributed by atoms with Gasteiger partial charge in [0.2, 0.25) is 5.91 Å². The van der Waals surface area contributed by atoms with Gasteiger partial charge < -0.3 is 5.32 Å². The summed E-state index contributed by atoms with van der Waals surface area (Å²) in [5, 5.41) is 13.9. The Morgan fingerprint density at radius 3 is 2.32 bits per heavy atom. The van der Waals surface area contributed by atoms with Crippen LogP contribution >= 0.6 is 12.2 Å². The van der Waals surface area contributed by atoms with Crippen LogP contribution in [0.2, 0.25) is 0 Å². The number of para-hydroxylation sites is 1. The van der Waals surface area contributed by atoms with Crippen LogP contribution in [0.1, 0.15) is 23.0 Å². The second-order valence-electron chi connectivity index (χ2n) is 5.04. The number of nitro groups is 1. The maximum absolute atomic E-state index is 12.3. The molecule has 2 unspecified atom stereocenters. The van der Waals surface area contributed by atoms with E-state index < -0.39 is 16.8 Å². The molecule has 0 aliphatic carbocycles. The molecule has 1 aliphatic rings. The molecule has 0 spiro atoms. The lowest BCUT2D eigenvalue weighted by Crippen LogP contribution is -2.20. The Hall–Kier alpha value is -2.60. The lowest BCUT2D eigenvalue weighted by molar-refractivity contribution is -0.385. The first-order valence-corrected chi connectivity index (χ1v) is 7.13. The van der Waals surface area contributed by atoms with Crippen LogP contribution in [0.3, 0.4) is 0 Å². The number of benzene rings is 2. The minimum Gasteiger partial charge on any atom is -0.319 e. The van der Waals surface area contributed by atoms with Crippen LogP contribution in [-0.4, -0.2) is 15.8 Å². The molecule has 1 saturated heterocycles. The third-order valence-electron chi connectivity index (χ3n) is 3.77. The summed E-state index contributed by atoms with van der Waals surface area (Å²) in [5.74, 6) is -1.29. The monoisotopic (exact) mass is 312 g/mol. The molecule has 0 saturated carbocycles. The fourth-order valence-corrected chi connectivity index (χ4v) is 3.19. The standard InChI is InChI=1S/C16H12N2O3S/c19-15-13(10-6-2-1-3-7-10)14(16(22)17-15)11-8-4-5-9-12(11)18(20)21/h1-9,13-14H,(H,17,19,22). The lowest BCUT2D eigenvalue weighted by Gasteiger charge is -2.17. The van der Waals surface area contributed by atoms with Crippen molar-refractivity contribution in [2.24, 2.45) is 0 Å². The van der Waals surface area contributed by atoms with E-state index in [1.807, 2.05) is 30.3 Å². The Bertz CT molecular complexity index is 761. The molecule has 0 bridgehead atoms. The van der Waals surface area contributed by atoms with Crippen LogP contribution in [0, 0.1) is 10.1 Å². The molecular weight excluding hydrogens is 300 g/mol. The van der Waals surface area contributed by atoms with Crippen molar-refractivity contribution in [3.8, 4) is 0 Å². The molecule has 5 nitrogen and oxygen atoms in total. The van der Waals surface area contributed by atoms with E-state index in [1.54, 1.807) is 18.2 Å². The van der Waals surface area contributed by atoms with Crippen LogP contribution in [-0.2, 0) is 4.79 Å². The van der Waals surface area contributed by atoms with Gasteiger partial charge >= 0.3 is 0 Å². The number of hydrogen-bond donors (Lipinski definition) is 1. The smallest absolute Gasteiger partial charge is 0.273 e. The Kier molecular flexibility index (Phi) is 3.68. The SMILES string of the molecule is O=C1NC(=S)C(c2ccccc2[N+](=O)[O-])C1c1ccccc1. The highest BCUT2D eigenvalue weighted by Crippen LogP contribution is 2.41. The van der Waals surface area contributed by atoms with Crippen molar-refractivity contribution in [2.75, 3.05) is 0 Å². The van der Waals surface area contributed by atoms with E-state index in [1.165, 1.54) is 6.07 Å². The third kappa shape index (κ3) is 2.37. The van der Waals surface area contributed by atoms with Crippen LogP contribution < -0.4 is 5.32 Å². The van der Waals surface area contributed by atoms with Crippen LogP contribution in [0.4, 0.5) is 5.69 Å². The molecule has 0 aromatic heterocycles. The van der Waals surface area contributed by atoms with E-state index in [9.17, 15) is 14.9 Å². The van der Waals surface area contributed by atoms with E-state index in [4.69, 9.17) is 12.2 Å². The van der Waals surface area contributed by atoms with E-state index in [-0.39, 0.29) is 11.6 Å². The Labute approximate surface area is 132 Å². The molecule has 1 amide bonds. The molecule has 0 radical (unpaired) electrons. The zero-order chi connectivity index (χ0) is 15.7. The fraction of sp³-hybridized carbons (Fsp3) is 0.125. The van der Waals surface area contributed by atoms with Gasteiger partial charge in [0.1, 0.15) is 0 Å². The Morgan fingerprint density at radius 2 is 1.64 bits per heavy atom. The fourth-order valence-electron chi connectivity index (χ4n) is 2.82. The number of nitrogens with zero attached hydrogens (tertiary/aromatic N) is 1. The normalized spacial score (nSPS) is 20.7. The van der Waals surface area contributed by atoms with E-state index in [0.717, 1.165) is 5.56 Å². The Balaban J connectivity index is 2.14. The number of amides is 1. The summed E-state index contributed by atoms with van der Waals surface area (Å²) >= 11 is 5.27. The van der Waals surface area contributed by atoms with Gasteiger partial charge in [0.05, 0.1) is 21.7 Å². The number of nitro benzene ring substituents is 1. The summed E-state index contributed by atoms with van der Waals surface area (Å²) in [6, 6.07) is 15.6. The molecule has 2 atom stereocenters. The van der Waals surface area contributed by atoms with Crippen molar-refractivity contribution in [3.05, 3.63) is 75.8 Å². The molecule has 1 aliphatic heterocycles. The van der Waals surface area contributed by atoms with Gasteiger partial charge in [-0.1, -0.05) is 60.7 Å². The first kappa shape index (κ1) is 14.3. The predicted molar refractivity (Wildman–Crippen MR) is 85.8 cm³/mol. The molecule has 110 valence electrons. The van der Waals surface area contributed by atoms with Gasteiger partial charge in [-0.3, -0.25) is 14.9 Å². The third-order valence-corrected chi connectivity index (χ3v) is 4.13. The first-order chi connectivity index (χ1) is 10.6. The molecule has 6 heteroatoms. The van der Waals surface area contributed by atoms with Gasteiger partial charge in [0.15, 0.2) is 0 Å². The second kappa shape index (κ2) is 5.65. The average Bonchev–Trinajstić information content (AvgIpc) is 2.82. The van der Waals surface area contributed by atoms with E-state index in [0.29, 0.717) is 10.6 Å². The van der Waals surface area contributed by atoms with Crippen molar-refractivity contribution in [1.82, 2.24) is 5.32 Å². The highest BCUT2D eigenvalue weighted by Gasteiger charge is 2.43. The van der Waals surface area contributed by atoms with Gasteiger partial charge in [-0.2, -0.15) is 0 Å². The largest absolute Gasteiger partial charge is 0.319 e. The van der Waals surface area contributed by atoms with E-state index in [2.05, 4.69) is 5.32 Å². The summed E-state index contributed by atoms with van der Waals surface area (Å²) in [6.07, 6.45) is 0. The number of carbonyl (C=O) groups excluding carboxylic acids is 1. The quantitative estimate of drug-likeness (QED) is 0.537. The predicted octanol–water partition coefficient (Wildman–Crippen LogP) is 2.92. The van der Waals surface area contributed by atoms with Crippen molar-refractivity contribution in [1.29, 1.82) is 0 Å². The van der Waals surface area contributed by atoms with Gasteiger partial charge in [0.25, 0.3) is 5.69 Å². The summed E-state index contributed by atoms with van der Waals surface area (Å²) < 4.78 is 0. The zero-order valence-electron chi connectivity index (χ0n) is 11.4. The Morgan fingerprint density at radius 1 is 1.00 bits per heavy atom. The van der Waals surface area contributed by atoms with Gasteiger partial charge in [-0.25, -0.2) is 0 Å². The molecule has 22 heavy (non-hydrogen) atoms. The summed E-state index contributed by atoms with van der Waals surface area (Å²) in [5.41, 5.74) is 1.24. The highest BCUT2D eigenvalue weighted by molar-refractivity contribution is 7.80. The van der Waals surface area contributed by atoms with Gasteiger partial charge in [-0.15, -0.1) is 0 Å². The maximum atomic E-state index is 12.3. The molecule has 1 heterocycles. The lowest BCUT2D eigenvalue weighted by atomic mass is 9.83. The molecule has 1 fully saturated rings. The van der Waals surface area contributed by atoms with Crippen molar-refractivity contribution < 1.29 is 9.72 Å². The first-order valence-electron chi connectivity index (χ1n) is 6.72. The van der Waals surface area contributed by atoms with Crippen molar-refractivity contribution >= 4 is 28.8 Å². The van der Waals surface area contributed by atoms with Crippen molar-refractivity contribution in [3.63, 3.8) is 0 Å². The topological polar surface area (TPSA) is 72.2 Å². The number of nitrogens with one attached hydrogen (secondary N) is 1. The second-order valence-corrected chi connectivity index (χ2v) is 5.48. The molecule has 2 aromatic carbocycles.